The van der Waals surface area contributed by atoms with Gasteiger partial charge in [-0.25, -0.2) is 0 Å². The fraction of sp³-hybridized carbons (Fsp3) is 0. The average Bonchev–Trinajstić information content (AvgIpc) is 4.05. The van der Waals surface area contributed by atoms with Crippen LogP contribution >= 0.6 is 0 Å². The van der Waals surface area contributed by atoms with E-state index in [1.165, 1.54) is 60.8 Å². The van der Waals surface area contributed by atoms with E-state index in [1.807, 2.05) is 12.1 Å². The predicted molar refractivity (Wildman–Crippen MR) is 315 cm³/mol. The first-order valence-corrected chi connectivity index (χ1v) is 25.6. The monoisotopic (exact) mass is 956 g/mol. The van der Waals surface area contributed by atoms with Gasteiger partial charge >= 0.3 is 0 Å². The Labute approximate surface area is 436 Å². The highest BCUT2D eigenvalue weighted by Crippen LogP contribution is 2.43. The van der Waals surface area contributed by atoms with Gasteiger partial charge in [0, 0.05) is 49.7 Å². The van der Waals surface area contributed by atoms with Crippen LogP contribution < -0.4 is 4.90 Å². The van der Waals surface area contributed by atoms with Crippen LogP contribution in [0, 0.1) is 0 Å². The Hall–Kier alpha value is -9.96. The summed E-state index contributed by atoms with van der Waals surface area (Å²) in [5.41, 5.74) is 22.5. The zero-order chi connectivity index (χ0) is 49.7. The fourth-order valence-electron chi connectivity index (χ4n) is 11.1. The Morgan fingerprint density at radius 3 is 1.31 bits per heavy atom. The van der Waals surface area contributed by atoms with Gasteiger partial charge in [0.25, 0.3) is 0 Å². The minimum absolute atomic E-state index is 0.901. The average molecular weight is 957 g/mol. The molecule has 2 aromatic heterocycles. The molecule has 0 radical (unpaired) electrons. The van der Waals surface area contributed by atoms with E-state index in [1.54, 1.807) is 0 Å². The van der Waals surface area contributed by atoms with E-state index in [4.69, 9.17) is 4.42 Å². The van der Waals surface area contributed by atoms with Gasteiger partial charge in [0.2, 0.25) is 0 Å². The molecule has 14 rings (SSSR count). The lowest BCUT2D eigenvalue weighted by Gasteiger charge is -2.26. The van der Waals surface area contributed by atoms with Gasteiger partial charge in [0.05, 0.1) is 16.7 Å². The van der Waals surface area contributed by atoms with Crippen molar-refractivity contribution in [3.63, 3.8) is 0 Å². The third-order valence-corrected chi connectivity index (χ3v) is 14.9. The van der Waals surface area contributed by atoms with Crippen LogP contribution in [-0.2, 0) is 0 Å². The minimum atomic E-state index is 0.901. The molecule has 0 saturated heterocycles. The molecule has 0 aliphatic rings. The molecule has 0 bridgehead atoms. The maximum absolute atomic E-state index is 6.45. The number of nitrogens with zero attached hydrogens (tertiary/aromatic N) is 2. The van der Waals surface area contributed by atoms with Gasteiger partial charge in [-0.1, -0.05) is 224 Å². The summed E-state index contributed by atoms with van der Waals surface area (Å²) < 4.78 is 8.91. The lowest BCUT2D eigenvalue weighted by Crippen LogP contribution is -2.09. The van der Waals surface area contributed by atoms with Crippen molar-refractivity contribution in [2.24, 2.45) is 0 Å². The zero-order valence-corrected chi connectivity index (χ0v) is 41.0. The van der Waals surface area contributed by atoms with Crippen molar-refractivity contribution in [2.75, 3.05) is 4.90 Å². The van der Waals surface area contributed by atoms with Gasteiger partial charge in [0.1, 0.15) is 11.2 Å². The van der Waals surface area contributed by atoms with Crippen LogP contribution in [0.5, 0.6) is 0 Å². The van der Waals surface area contributed by atoms with Crippen molar-refractivity contribution in [3.8, 4) is 72.4 Å². The van der Waals surface area contributed by atoms with Crippen molar-refractivity contribution in [1.82, 2.24) is 4.57 Å². The first kappa shape index (κ1) is 43.8. The zero-order valence-electron chi connectivity index (χ0n) is 41.0. The number of benzene rings is 12. The molecule has 0 aliphatic carbocycles. The molecule has 0 spiro atoms. The molecule has 0 saturated carbocycles. The van der Waals surface area contributed by atoms with Crippen LogP contribution in [-0.4, -0.2) is 4.57 Å². The fourth-order valence-corrected chi connectivity index (χ4v) is 11.1. The highest BCUT2D eigenvalue weighted by Gasteiger charge is 2.19. The Balaban J connectivity index is 0.810. The summed E-state index contributed by atoms with van der Waals surface area (Å²) in [5, 5.41) is 4.72. The van der Waals surface area contributed by atoms with Crippen molar-refractivity contribution in [1.29, 1.82) is 0 Å². The standard InChI is InChI=1S/C72H48N2O/c1-4-15-49(16-5-1)53-31-39-59(40-32-53)73(61-43-35-56(36-44-61)63-23-14-24-66-65-22-11-13-26-71(65)75-72(63)66)60-41-33-54(34-42-60)52-27-29-55(30-28-52)62-21-10-12-25-68(62)74-69-46-38-57(50-17-6-2-7-18-50)47-67(69)64-45-37-58(48-70(64)74)51-19-8-3-9-20-51/h1-48H. The summed E-state index contributed by atoms with van der Waals surface area (Å²) in [5.74, 6) is 0. The van der Waals surface area contributed by atoms with Gasteiger partial charge in [-0.05, 0) is 122 Å². The highest BCUT2D eigenvalue weighted by molar-refractivity contribution is 6.12. The van der Waals surface area contributed by atoms with Gasteiger partial charge in [-0.2, -0.15) is 0 Å². The molecule has 0 N–H and O–H groups in total. The smallest absolute Gasteiger partial charge is 0.143 e. The second kappa shape index (κ2) is 18.6. The van der Waals surface area contributed by atoms with Crippen LogP contribution in [0.3, 0.4) is 0 Å². The Morgan fingerprint density at radius 2 is 0.680 bits per heavy atom. The lowest BCUT2D eigenvalue weighted by atomic mass is 9.98. The van der Waals surface area contributed by atoms with Crippen molar-refractivity contribution in [2.45, 2.75) is 0 Å². The van der Waals surface area contributed by atoms with Crippen LogP contribution in [0.2, 0.25) is 0 Å². The van der Waals surface area contributed by atoms with Crippen LogP contribution in [0.4, 0.5) is 17.1 Å². The summed E-state index contributed by atoms with van der Waals surface area (Å²) in [6, 6.07) is 105. The van der Waals surface area contributed by atoms with Crippen LogP contribution in [0.1, 0.15) is 0 Å². The molecule has 12 aromatic carbocycles. The highest BCUT2D eigenvalue weighted by atomic mass is 16.3. The SMILES string of the molecule is c1ccc(-c2ccc(N(c3ccc(-c4ccc(-c5ccccc5-n5c6ccc(-c7ccccc7)cc6c6ccc(-c7ccccc7)cc65)cc4)cc3)c3ccc(-c4cccc5c4oc4ccccc45)cc3)cc2)cc1. The number of anilines is 3. The second-order valence-electron chi connectivity index (χ2n) is 19.2. The number of hydrogen-bond acceptors (Lipinski definition) is 2. The molecule has 0 atom stereocenters. The normalized spacial score (nSPS) is 11.5. The van der Waals surface area contributed by atoms with E-state index >= 15 is 0 Å². The summed E-state index contributed by atoms with van der Waals surface area (Å²) in [4.78, 5) is 2.34. The number of para-hydroxylation sites is 3. The van der Waals surface area contributed by atoms with Crippen molar-refractivity contribution in [3.05, 3.63) is 291 Å². The molecule has 2 heterocycles. The Kier molecular flexibility index (Phi) is 10.8. The second-order valence-corrected chi connectivity index (χ2v) is 19.2. The van der Waals surface area contributed by atoms with Gasteiger partial charge < -0.3 is 13.9 Å². The maximum Gasteiger partial charge on any atom is 0.143 e. The van der Waals surface area contributed by atoms with Crippen LogP contribution in [0.15, 0.2) is 296 Å². The van der Waals surface area contributed by atoms with E-state index in [-0.39, 0.29) is 0 Å². The molecule has 0 unspecified atom stereocenters. The van der Waals surface area contributed by atoms with Gasteiger partial charge in [0.15, 0.2) is 0 Å². The molecule has 3 nitrogen and oxygen atoms in total. The molecule has 352 valence electrons. The number of aromatic nitrogens is 1. The Morgan fingerprint density at radius 1 is 0.253 bits per heavy atom. The van der Waals surface area contributed by atoms with E-state index in [0.717, 1.165) is 72.5 Å². The Bertz CT molecular complexity index is 4350. The molecular formula is C72H48N2O. The summed E-state index contributed by atoms with van der Waals surface area (Å²) >= 11 is 0. The van der Waals surface area contributed by atoms with Crippen LogP contribution in [0.25, 0.3) is 116 Å². The molecule has 0 amide bonds. The quantitative estimate of drug-likeness (QED) is 0.136. The third-order valence-electron chi connectivity index (χ3n) is 14.9. The summed E-state index contributed by atoms with van der Waals surface area (Å²) in [7, 11) is 0. The summed E-state index contributed by atoms with van der Waals surface area (Å²) in [6.07, 6.45) is 0. The molecule has 0 fully saturated rings. The molecular weight excluding hydrogens is 909 g/mol. The number of hydrogen-bond donors (Lipinski definition) is 0. The van der Waals surface area contributed by atoms with Gasteiger partial charge in [-0.15, -0.1) is 0 Å². The largest absolute Gasteiger partial charge is 0.455 e. The number of fused-ring (bicyclic) bond motifs is 6. The summed E-state index contributed by atoms with van der Waals surface area (Å²) in [6.45, 7) is 0. The molecule has 14 aromatic rings. The van der Waals surface area contributed by atoms with Crippen molar-refractivity contribution >= 4 is 60.8 Å². The molecule has 3 heteroatoms. The number of rotatable bonds is 10. The maximum atomic E-state index is 6.45. The predicted octanol–water partition coefficient (Wildman–Crippen LogP) is 20.2. The first-order valence-electron chi connectivity index (χ1n) is 25.6. The minimum Gasteiger partial charge on any atom is -0.455 e. The molecule has 0 aliphatic heterocycles. The first-order chi connectivity index (χ1) is 37.2. The van der Waals surface area contributed by atoms with Gasteiger partial charge in [-0.3, -0.25) is 0 Å². The van der Waals surface area contributed by atoms with E-state index < -0.39 is 0 Å². The van der Waals surface area contributed by atoms with Crippen molar-refractivity contribution < 1.29 is 4.42 Å². The van der Waals surface area contributed by atoms with E-state index in [0.29, 0.717) is 0 Å². The third kappa shape index (κ3) is 7.95. The van der Waals surface area contributed by atoms with E-state index in [2.05, 4.69) is 289 Å². The van der Waals surface area contributed by atoms with E-state index in [9.17, 15) is 0 Å². The molecule has 75 heavy (non-hydrogen) atoms. The topological polar surface area (TPSA) is 21.3 Å². The lowest BCUT2D eigenvalue weighted by molar-refractivity contribution is 0.670. The number of furan rings is 1.